The van der Waals surface area contributed by atoms with E-state index >= 15 is 0 Å². The van der Waals surface area contributed by atoms with Gasteiger partial charge in [-0.25, -0.2) is 9.59 Å². The van der Waals surface area contributed by atoms with Gasteiger partial charge in [-0.05, 0) is 26.3 Å². The van der Waals surface area contributed by atoms with Crippen LogP contribution in [-0.2, 0) is 20.7 Å². The quantitative estimate of drug-likeness (QED) is 0.648. The summed E-state index contributed by atoms with van der Waals surface area (Å²) in [5, 5.41) is 2.56. The Morgan fingerprint density at radius 2 is 1.91 bits per heavy atom. The summed E-state index contributed by atoms with van der Waals surface area (Å²) in [7, 11) is 0. The van der Waals surface area contributed by atoms with Crippen molar-refractivity contribution in [2.24, 2.45) is 0 Å². The van der Waals surface area contributed by atoms with Gasteiger partial charge in [0, 0.05) is 6.42 Å². The van der Waals surface area contributed by atoms with Crippen LogP contribution in [0.3, 0.4) is 0 Å². The van der Waals surface area contributed by atoms with E-state index in [-0.39, 0.29) is 6.61 Å². The maximum absolute atomic E-state index is 12.1. The number of hydrogen-bond donors (Lipinski definition) is 1. The molecule has 0 radical (unpaired) electrons. The highest BCUT2D eigenvalue weighted by atomic mass is 16.6. The minimum Gasteiger partial charge on any atom is -0.460 e. The van der Waals surface area contributed by atoms with Crippen molar-refractivity contribution < 1.29 is 19.1 Å². The predicted octanol–water partition coefficient (Wildman–Crippen LogP) is 2.85. The van der Waals surface area contributed by atoms with Crippen molar-refractivity contribution in [1.29, 1.82) is 0 Å². The fraction of sp³-hybridized carbons (Fsp3) is 0.412. The molecule has 0 aliphatic rings. The van der Waals surface area contributed by atoms with Gasteiger partial charge in [-0.3, -0.25) is 0 Å². The lowest BCUT2D eigenvalue weighted by Crippen LogP contribution is -2.45. The maximum Gasteiger partial charge on any atom is 0.408 e. The molecule has 1 rings (SSSR count). The number of esters is 1. The molecule has 22 heavy (non-hydrogen) atoms. The lowest BCUT2D eigenvalue weighted by atomic mass is 10.1. The molecule has 5 nitrogen and oxygen atoms in total. The fourth-order valence-corrected chi connectivity index (χ4v) is 1.73. The molecular weight excluding hydrogens is 282 g/mol. The zero-order valence-corrected chi connectivity index (χ0v) is 13.3. The lowest BCUT2D eigenvalue weighted by Gasteiger charge is -2.23. The normalized spacial score (nSPS) is 12.1. The van der Waals surface area contributed by atoms with Gasteiger partial charge < -0.3 is 14.8 Å². The molecule has 0 aromatic heterocycles. The average Bonchev–Trinajstić information content (AvgIpc) is 2.43. The molecule has 0 bridgehead atoms. The molecule has 0 saturated heterocycles. The van der Waals surface area contributed by atoms with Crippen LogP contribution in [-0.4, -0.2) is 30.3 Å². The molecule has 1 amide bonds. The van der Waals surface area contributed by atoms with E-state index < -0.39 is 23.7 Å². The highest BCUT2D eigenvalue weighted by molar-refractivity contribution is 5.81. The largest absolute Gasteiger partial charge is 0.460 e. The Balaban J connectivity index is 2.75. The van der Waals surface area contributed by atoms with E-state index in [0.717, 1.165) is 5.56 Å². The number of benzene rings is 1. The number of hydrogen-bond acceptors (Lipinski definition) is 4. The van der Waals surface area contributed by atoms with Crippen molar-refractivity contribution in [2.45, 2.75) is 38.8 Å². The van der Waals surface area contributed by atoms with Gasteiger partial charge in [-0.15, -0.1) is 0 Å². The van der Waals surface area contributed by atoms with E-state index in [1.54, 1.807) is 20.8 Å². The second kappa shape index (κ2) is 8.22. The third-order valence-corrected chi connectivity index (χ3v) is 2.60. The molecule has 0 unspecified atom stereocenters. The lowest BCUT2D eigenvalue weighted by molar-refractivity contribution is -0.144. The fourth-order valence-electron chi connectivity index (χ4n) is 1.73. The molecule has 1 aromatic rings. The summed E-state index contributed by atoms with van der Waals surface area (Å²) < 4.78 is 10.2. The summed E-state index contributed by atoms with van der Waals surface area (Å²) in [5.41, 5.74) is 0.283. The van der Waals surface area contributed by atoms with Gasteiger partial charge >= 0.3 is 12.1 Å². The second-order valence-electron chi connectivity index (χ2n) is 5.81. The van der Waals surface area contributed by atoms with Crippen LogP contribution in [0.4, 0.5) is 4.79 Å². The number of rotatable bonds is 6. The molecular formula is C17H23NO4. The monoisotopic (exact) mass is 305 g/mol. The molecule has 5 heteroatoms. The number of ether oxygens (including phenoxy) is 2. The van der Waals surface area contributed by atoms with Crippen LogP contribution in [0.5, 0.6) is 0 Å². The van der Waals surface area contributed by atoms with E-state index in [0.29, 0.717) is 6.42 Å². The van der Waals surface area contributed by atoms with Crippen LogP contribution in [0.25, 0.3) is 0 Å². The third-order valence-electron chi connectivity index (χ3n) is 2.60. The molecule has 120 valence electrons. The van der Waals surface area contributed by atoms with Crippen molar-refractivity contribution in [2.75, 3.05) is 6.61 Å². The van der Waals surface area contributed by atoms with Crippen LogP contribution in [0.2, 0.25) is 0 Å². The minimum atomic E-state index is -0.808. The first-order chi connectivity index (χ1) is 10.3. The van der Waals surface area contributed by atoms with Crippen molar-refractivity contribution >= 4 is 12.1 Å². The van der Waals surface area contributed by atoms with Gasteiger partial charge in [0.1, 0.15) is 18.2 Å². The van der Waals surface area contributed by atoms with Gasteiger partial charge in [0.2, 0.25) is 0 Å². The Morgan fingerprint density at radius 1 is 1.27 bits per heavy atom. The molecule has 0 aliphatic carbocycles. The Hall–Kier alpha value is -2.30. The van der Waals surface area contributed by atoms with Crippen LogP contribution < -0.4 is 5.32 Å². The van der Waals surface area contributed by atoms with Gasteiger partial charge in [0.05, 0.1) is 0 Å². The van der Waals surface area contributed by atoms with Crippen molar-refractivity contribution in [3.8, 4) is 0 Å². The first-order valence-corrected chi connectivity index (χ1v) is 7.13. The van der Waals surface area contributed by atoms with Gasteiger partial charge in [0.25, 0.3) is 0 Å². The number of amides is 1. The predicted molar refractivity (Wildman–Crippen MR) is 84.5 cm³/mol. The summed E-state index contributed by atoms with van der Waals surface area (Å²) in [4.78, 5) is 23.9. The first-order valence-electron chi connectivity index (χ1n) is 7.13. The summed E-state index contributed by atoms with van der Waals surface area (Å²) in [6, 6.07) is 8.58. The smallest absolute Gasteiger partial charge is 0.408 e. The van der Waals surface area contributed by atoms with E-state index in [1.807, 2.05) is 30.3 Å². The van der Waals surface area contributed by atoms with Crippen LogP contribution >= 0.6 is 0 Å². The summed E-state index contributed by atoms with van der Waals surface area (Å²) >= 11 is 0. The Bertz CT molecular complexity index is 505. The topological polar surface area (TPSA) is 64.6 Å². The van der Waals surface area contributed by atoms with Crippen LogP contribution in [0.15, 0.2) is 43.0 Å². The standard InChI is InChI=1S/C17H23NO4/c1-5-11-21-15(19)14(12-13-9-7-6-8-10-13)18-16(20)22-17(2,3)4/h5-10,14H,1,11-12H2,2-4H3,(H,18,20)/t14-/m1/s1. The highest BCUT2D eigenvalue weighted by Gasteiger charge is 2.25. The van der Waals surface area contributed by atoms with Crippen molar-refractivity contribution in [1.82, 2.24) is 5.32 Å². The van der Waals surface area contributed by atoms with Crippen molar-refractivity contribution in [3.63, 3.8) is 0 Å². The molecule has 0 spiro atoms. The number of alkyl carbamates (subject to hydrolysis) is 1. The number of carbonyl (C=O) groups excluding carboxylic acids is 2. The number of nitrogens with one attached hydrogen (secondary N) is 1. The summed E-state index contributed by atoms with van der Waals surface area (Å²) in [6.07, 6.45) is 1.16. The first kappa shape index (κ1) is 17.8. The molecule has 0 heterocycles. The summed E-state index contributed by atoms with van der Waals surface area (Å²) in [5.74, 6) is -0.519. The molecule has 1 N–H and O–H groups in total. The van der Waals surface area contributed by atoms with Gasteiger partial charge in [0.15, 0.2) is 0 Å². The Labute approximate surface area is 131 Å². The highest BCUT2D eigenvalue weighted by Crippen LogP contribution is 2.09. The molecule has 1 atom stereocenters. The zero-order valence-electron chi connectivity index (χ0n) is 13.3. The van der Waals surface area contributed by atoms with E-state index in [2.05, 4.69) is 11.9 Å². The van der Waals surface area contributed by atoms with E-state index in [1.165, 1.54) is 6.08 Å². The van der Waals surface area contributed by atoms with Crippen LogP contribution in [0, 0.1) is 0 Å². The number of carbonyl (C=O) groups is 2. The maximum atomic E-state index is 12.1. The molecule has 0 aliphatic heterocycles. The molecule has 0 saturated carbocycles. The SMILES string of the molecule is C=CCOC(=O)[C@@H](Cc1ccccc1)NC(=O)OC(C)(C)C. The molecule has 0 fully saturated rings. The van der Waals surface area contributed by atoms with E-state index in [9.17, 15) is 9.59 Å². The average molecular weight is 305 g/mol. The second-order valence-corrected chi connectivity index (χ2v) is 5.81. The minimum absolute atomic E-state index is 0.0973. The van der Waals surface area contributed by atoms with Gasteiger partial charge in [-0.2, -0.15) is 0 Å². The van der Waals surface area contributed by atoms with Gasteiger partial charge in [-0.1, -0.05) is 43.0 Å². The summed E-state index contributed by atoms with van der Waals surface area (Å²) in [6.45, 7) is 8.87. The van der Waals surface area contributed by atoms with Crippen molar-refractivity contribution in [3.05, 3.63) is 48.6 Å². The Morgan fingerprint density at radius 3 is 2.45 bits per heavy atom. The van der Waals surface area contributed by atoms with E-state index in [4.69, 9.17) is 9.47 Å². The third kappa shape index (κ3) is 6.92. The van der Waals surface area contributed by atoms with Crippen LogP contribution in [0.1, 0.15) is 26.3 Å². The Kier molecular flexibility index (Phi) is 6.63. The zero-order chi connectivity index (χ0) is 16.6. The molecule has 1 aromatic carbocycles.